The number of halogens is 1. The Morgan fingerprint density at radius 2 is 2.39 bits per heavy atom. The van der Waals surface area contributed by atoms with Crippen molar-refractivity contribution in [2.75, 3.05) is 19.0 Å². The lowest BCUT2D eigenvalue weighted by Crippen LogP contribution is -2.30. The fraction of sp³-hybridized carbons (Fsp3) is 0.400. The highest BCUT2D eigenvalue weighted by Gasteiger charge is 2.24. The van der Waals surface area contributed by atoms with E-state index in [1.165, 1.54) is 13.2 Å². The predicted molar refractivity (Wildman–Crippen MR) is 63.4 cm³/mol. The zero-order valence-electron chi connectivity index (χ0n) is 9.57. The molecule has 1 atom stereocenters. The number of aromatic nitrogens is 2. The molecule has 1 amide bonds. The van der Waals surface area contributed by atoms with E-state index >= 15 is 0 Å². The molecule has 96 valence electrons. The number of hydrogen-bond donors (Lipinski definition) is 2. The van der Waals surface area contributed by atoms with Gasteiger partial charge in [-0.25, -0.2) is 14.8 Å². The van der Waals surface area contributed by atoms with Crippen molar-refractivity contribution < 1.29 is 14.3 Å². The van der Waals surface area contributed by atoms with Gasteiger partial charge in [-0.05, 0) is 18.0 Å². The number of nitrogens with one attached hydrogen (secondary N) is 2. The summed E-state index contributed by atoms with van der Waals surface area (Å²) in [6.45, 7) is 0.610. The maximum atomic E-state index is 11.4. The van der Waals surface area contributed by atoms with Crippen molar-refractivity contribution in [2.45, 2.75) is 12.5 Å². The van der Waals surface area contributed by atoms with E-state index < -0.39 is 5.97 Å². The van der Waals surface area contributed by atoms with E-state index in [4.69, 9.17) is 11.6 Å². The average Bonchev–Trinajstić information content (AvgIpc) is 2.73. The zero-order valence-corrected chi connectivity index (χ0v) is 10.3. The summed E-state index contributed by atoms with van der Waals surface area (Å²) in [5, 5.41) is 5.49. The first-order valence-corrected chi connectivity index (χ1v) is 5.65. The summed E-state index contributed by atoms with van der Waals surface area (Å²) in [5.74, 6) is -0.403. The van der Waals surface area contributed by atoms with Crippen LogP contribution in [0.4, 0.5) is 5.82 Å². The predicted octanol–water partition coefficient (Wildman–Crippen LogP) is 0.217. The number of methoxy groups -OCH3 is 1. The van der Waals surface area contributed by atoms with Crippen LogP contribution in [0.15, 0.2) is 6.07 Å². The number of rotatable bonds is 3. The van der Waals surface area contributed by atoms with Gasteiger partial charge in [0.25, 0.3) is 0 Å². The quantitative estimate of drug-likeness (QED) is 0.603. The van der Waals surface area contributed by atoms with Crippen LogP contribution in [0, 0.1) is 0 Å². The number of nitrogens with zero attached hydrogens (tertiary/aromatic N) is 2. The van der Waals surface area contributed by atoms with Crippen molar-refractivity contribution in [2.24, 2.45) is 0 Å². The molecule has 0 radical (unpaired) electrons. The number of hydrogen-bond acceptors (Lipinski definition) is 6. The first-order chi connectivity index (χ1) is 8.60. The number of esters is 1. The highest BCUT2D eigenvalue weighted by Crippen LogP contribution is 2.14. The van der Waals surface area contributed by atoms with Crippen LogP contribution in [0.5, 0.6) is 0 Å². The Morgan fingerprint density at radius 1 is 1.61 bits per heavy atom. The molecule has 1 aromatic heterocycles. The molecule has 2 N–H and O–H groups in total. The summed E-state index contributed by atoms with van der Waals surface area (Å²) in [5.41, 5.74) is 0.0402. The summed E-state index contributed by atoms with van der Waals surface area (Å²) in [6, 6.07) is 1.02. The van der Waals surface area contributed by atoms with Gasteiger partial charge in [-0.1, -0.05) is 0 Å². The van der Waals surface area contributed by atoms with Crippen molar-refractivity contribution in [3.8, 4) is 0 Å². The molecule has 1 aliphatic rings. The Bertz CT molecular complexity index is 494. The SMILES string of the molecule is COC(=O)c1cc(N[C@H]2CCNC2=O)nc(Cl)n1. The number of amides is 1. The van der Waals surface area contributed by atoms with Gasteiger partial charge in [-0.15, -0.1) is 0 Å². The van der Waals surface area contributed by atoms with Gasteiger partial charge in [0, 0.05) is 12.6 Å². The largest absolute Gasteiger partial charge is 0.464 e. The van der Waals surface area contributed by atoms with Crippen molar-refractivity contribution >= 4 is 29.3 Å². The molecule has 7 nitrogen and oxygen atoms in total. The van der Waals surface area contributed by atoms with E-state index in [-0.39, 0.29) is 22.9 Å². The van der Waals surface area contributed by atoms with Crippen molar-refractivity contribution in [1.82, 2.24) is 15.3 Å². The Labute approximate surface area is 108 Å². The summed E-state index contributed by atoms with van der Waals surface area (Å²) < 4.78 is 4.54. The van der Waals surface area contributed by atoms with Crippen LogP contribution in [-0.4, -0.2) is 41.5 Å². The Kier molecular flexibility index (Phi) is 3.61. The molecule has 1 aliphatic heterocycles. The number of ether oxygens (including phenoxy) is 1. The van der Waals surface area contributed by atoms with E-state index in [0.717, 1.165) is 0 Å². The molecular weight excluding hydrogens is 260 g/mol. The molecule has 0 spiro atoms. The van der Waals surface area contributed by atoms with Crippen LogP contribution >= 0.6 is 11.6 Å². The van der Waals surface area contributed by atoms with Crippen LogP contribution in [0.3, 0.4) is 0 Å². The third kappa shape index (κ3) is 2.67. The Hall–Kier alpha value is -1.89. The van der Waals surface area contributed by atoms with Crippen LogP contribution in [0.2, 0.25) is 5.28 Å². The summed E-state index contributed by atoms with van der Waals surface area (Å²) in [4.78, 5) is 30.4. The van der Waals surface area contributed by atoms with Crippen LogP contribution < -0.4 is 10.6 Å². The molecule has 0 bridgehead atoms. The van der Waals surface area contributed by atoms with Gasteiger partial charge in [-0.2, -0.15) is 0 Å². The van der Waals surface area contributed by atoms with Crippen LogP contribution in [0.25, 0.3) is 0 Å². The van der Waals surface area contributed by atoms with Gasteiger partial charge < -0.3 is 15.4 Å². The number of carbonyl (C=O) groups is 2. The number of anilines is 1. The second-order valence-corrected chi connectivity index (χ2v) is 4.01. The summed E-state index contributed by atoms with van der Waals surface area (Å²) >= 11 is 5.70. The van der Waals surface area contributed by atoms with E-state index in [9.17, 15) is 9.59 Å². The van der Waals surface area contributed by atoms with E-state index in [2.05, 4.69) is 25.3 Å². The molecule has 1 aromatic rings. The van der Waals surface area contributed by atoms with Crippen molar-refractivity contribution in [3.05, 3.63) is 17.0 Å². The average molecular weight is 271 g/mol. The molecule has 8 heteroatoms. The lowest BCUT2D eigenvalue weighted by atomic mass is 10.2. The normalized spacial score (nSPS) is 18.3. The minimum absolute atomic E-state index is 0.0402. The second-order valence-electron chi connectivity index (χ2n) is 3.68. The minimum atomic E-state index is -0.613. The standard InChI is InChI=1S/C10H11ClN4O3/c1-18-9(17)6-4-7(15-10(11)14-6)13-5-2-3-12-8(5)16/h4-5H,2-3H2,1H3,(H,12,16)(H,13,14,15)/t5-/m0/s1. The van der Waals surface area contributed by atoms with Gasteiger partial charge in [0.2, 0.25) is 11.2 Å². The summed E-state index contributed by atoms with van der Waals surface area (Å²) in [7, 11) is 1.25. The smallest absolute Gasteiger partial charge is 0.356 e. The van der Waals surface area contributed by atoms with Gasteiger partial charge in [0.15, 0.2) is 5.69 Å². The van der Waals surface area contributed by atoms with Gasteiger partial charge in [0.05, 0.1) is 7.11 Å². The molecule has 0 aromatic carbocycles. The van der Waals surface area contributed by atoms with E-state index in [1.54, 1.807) is 0 Å². The maximum absolute atomic E-state index is 11.4. The highest BCUT2D eigenvalue weighted by atomic mass is 35.5. The van der Waals surface area contributed by atoms with Crippen LogP contribution in [0.1, 0.15) is 16.9 Å². The fourth-order valence-corrected chi connectivity index (χ4v) is 1.79. The molecule has 1 saturated heterocycles. The highest BCUT2D eigenvalue weighted by molar-refractivity contribution is 6.28. The second kappa shape index (κ2) is 5.18. The van der Waals surface area contributed by atoms with Crippen LogP contribution in [-0.2, 0) is 9.53 Å². The fourth-order valence-electron chi connectivity index (χ4n) is 1.61. The van der Waals surface area contributed by atoms with Gasteiger partial charge >= 0.3 is 5.97 Å². The molecule has 18 heavy (non-hydrogen) atoms. The third-order valence-electron chi connectivity index (χ3n) is 2.46. The molecule has 0 unspecified atom stereocenters. The topological polar surface area (TPSA) is 93.2 Å². The van der Waals surface area contributed by atoms with E-state index in [0.29, 0.717) is 18.8 Å². The van der Waals surface area contributed by atoms with E-state index in [1.807, 2.05) is 0 Å². The first-order valence-electron chi connectivity index (χ1n) is 5.27. The van der Waals surface area contributed by atoms with Crippen molar-refractivity contribution in [1.29, 1.82) is 0 Å². The maximum Gasteiger partial charge on any atom is 0.356 e. The first kappa shape index (κ1) is 12.6. The lowest BCUT2D eigenvalue weighted by molar-refractivity contribution is -0.119. The van der Waals surface area contributed by atoms with Gasteiger partial charge in [0.1, 0.15) is 11.9 Å². The lowest BCUT2D eigenvalue weighted by Gasteiger charge is -2.11. The molecule has 2 heterocycles. The van der Waals surface area contributed by atoms with Crippen molar-refractivity contribution in [3.63, 3.8) is 0 Å². The minimum Gasteiger partial charge on any atom is -0.464 e. The monoisotopic (exact) mass is 270 g/mol. The molecule has 0 saturated carbocycles. The molecule has 1 fully saturated rings. The Morgan fingerprint density at radius 3 is 3.00 bits per heavy atom. The Balaban J connectivity index is 2.20. The van der Waals surface area contributed by atoms with Gasteiger partial charge in [-0.3, -0.25) is 4.79 Å². The number of carbonyl (C=O) groups excluding carboxylic acids is 2. The third-order valence-corrected chi connectivity index (χ3v) is 2.63. The summed E-state index contributed by atoms with van der Waals surface area (Å²) in [6.07, 6.45) is 0.647. The molecular formula is C10H11ClN4O3. The zero-order chi connectivity index (χ0) is 13.1. The molecule has 2 rings (SSSR count). The molecule has 0 aliphatic carbocycles.